The summed E-state index contributed by atoms with van der Waals surface area (Å²) < 4.78 is 10.1. The van der Waals surface area contributed by atoms with Gasteiger partial charge < -0.3 is 19.7 Å². The fourth-order valence-corrected chi connectivity index (χ4v) is 2.13. The summed E-state index contributed by atoms with van der Waals surface area (Å²) in [4.78, 5) is 14.0. The molecule has 0 aromatic carbocycles. The zero-order valence-corrected chi connectivity index (χ0v) is 11.3. The van der Waals surface area contributed by atoms with E-state index >= 15 is 0 Å². The van der Waals surface area contributed by atoms with E-state index in [1.165, 1.54) is 7.11 Å². The molecule has 17 heavy (non-hydrogen) atoms. The molecule has 0 radical (unpaired) electrons. The molecule has 1 aliphatic heterocycles. The Morgan fingerprint density at radius 1 is 1.53 bits per heavy atom. The van der Waals surface area contributed by atoms with Crippen molar-refractivity contribution in [1.29, 1.82) is 0 Å². The summed E-state index contributed by atoms with van der Waals surface area (Å²) in [6, 6.07) is 0. The first-order valence-corrected chi connectivity index (χ1v) is 6.08. The van der Waals surface area contributed by atoms with Gasteiger partial charge in [-0.05, 0) is 26.8 Å². The molecule has 1 rings (SSSR count). The lowest BCUT2D eigenvalue weighted by atomic mass is 9.98. The molecule has 0 amide bonds. The van der Waals surface area contributed by atoms with Crippen molar-refractivity contribution < 1.29 is 14.3 Å². The molecule has 1 saturated heterocycles. The van der Waals surface area contributed by atoms with E-state index in [1.807, 2.05) is 6.92 Å². The molecule has 1 aliphatic rings. The molecule has 1 fully saturated rings. The Kier molecular flexibility index (Phi) is 5.36. The predicted molar refractivity (Wildman–Crippen MR) is 66.0 cm³/mol. The number of likely N-dealkylation sites (tertiary alicyclic amines) is 1. The van der Waals surface area contributed by atoms with Gasteiger partial charge in [0.15, 0.2) is 0 Å². The zero-order chi connectivity index (χ0) is 12.9. The molecule has 2 unspecified atom stereocenters. The lowest BCUT2D eigenvalue weighted by Gasteiger charge is -2.28. The van der Waals surface area contributed by atoms with Crippen LogP contribution in [-0.4, -0.2) is 63.4 Å². The second kappa shape index (κ2) is 6.33. The van der Waals surface area contributed by atoms with Crippen molar-refractivity contribution in [3.05, 3.63) is 0 Å². The number of rotatable bonds is 6. The molecule has 5 nitrogen and oxygen atoms in total. The fraction of sp³-hybridized carbons (Fsp3) is 0.917. The first-order valence-electron chi connectivity index (χ1n) is 6.08. The van der Waals surface area contributed by atoms with Crippen LogP contribution in [0.25, 0.3) is 0 Å². The highest BCUT2D eigenvalue weighted by atomic mass is 16.5. The maximum atomic E-state index is 11.7. The van der Waals surface area contributed by atoms with E-state index in [0.717, 1.165) is 32.5 Å². The highest BCUT2D eigenvalue weighted by Gasteiger charge is 2.33. The van der Waals surface area contributed by atoms with E-state index in [2.05, 4.69) is 10.2 Å². The maximum absolute atomic E-state index is 11.7. The molecule has 0 aromatic rings. The van der Waals surface area contributed by atoms with Gasteiger partial charge in [0.2, 0.25) is 0 Å². The highest BCUT2D eigenvalue weighted by molar-refractivity contribution is 5.80. The van der Waals surface area contributed by atoms with E-state index in [1.54, 1.807) is 14.2 Å². The van der Waals surface area contributed by atoms with Gasteiger partial charge >= 0.3 is 5.97 Å². The molecule has 0 aromatic heterocycles. The molecule has 100 valence electrons. The number of carbonyl (C=O) groups excluding carboxylic acids is 1. The largest absolute Gasteiger partial charge is 0.468 e. The van der Waals surface area contributed by atoms with Crippen molar-refractivity contribution in [1.82, 2.24) is 10.2 Å². The van der Waals surface area contributed by atoms with Gasteiger partial charge in [-0.2, -0.15) is 0 Å². The van der Waals surface area contributed by atoms with Gasteiger partial charge in [-0.25, -0.2) is 0 Å². The van der Waals surface area contributed by atoms with Crippen LogP contribution in [0.1, 0.15) is 19.8 Å². The summed E-state index contributed by atoms with van der Waals surface area (Å²) in [5, 5.41) is 3.05. The Labute approximate surface area is 103 Å². The molecule has 5 heteroatoms. The van der Waals surface area contributed by atoms with Crippen molar-refractivity contribution in [3.8, 4) is 0 Å². The zero-order valence-electron chi connectivity index (χ0n) is 11.3. The lowest BCUT2D eigenvalue weighted by Crippen LogP contribution is -2.50. The van der Waals surface area contributed by atoms with Crippen molar-refractivity contribution in [2.75, 3.05) is 40.9 Å². The van der Waals surface area contributed by atoms with Crippen LogP contribution in [0.2, 0.25) is 0 Å². The van der Waals surface area contributed by atoms with Crippen LogP contribution < -0.4 is 5.32 Å². The van der Waals surface area contributed by atoms with Crippen LogP contribution in [0, 0.1) is 0 Å². The Hall–Kier alpha value is -0.650. The Morgan fingerprint density at radius 2 is 2.24 bits per heavy atom. The van der Waals surface area contributed by atoms with Gasteiger partial charge in [-0.1, -0.05) is 0 Å². The third kappa shape index (κ3) is 3.66. The number of esters is 1. The van der Waals surface area contributed by atoms with E-state index in [9.17, 15) is 4.79 Å². The summed E-state index contributed by atoms with van der Waals surface area (Å²) in [6.45, 7) is 4.76. The summed E-state index contributed by atoms with van der Waals surface area (Å²) in [6.07, 6.45) is 2.16. The average Bonchev–Trinajstić information content (AvgIpc) is 2.82. The number of ether oxygens (including phenoxy) is 2. The minimum Gasteiger partial charge on any atom is -0.468 e. The molecule has 2 atom stereocenters. The normalized spacial score (nSPS) is 24.6. The van der Waals surface area contributed by atoms with Gasteiger partial charge in [-0.15, -0.1) is 0 Å². The van der Waals surface area contributed by atoms with Crippen molar-refractivity contribution in [2.24, 2.45) is 0 Å². The summed E-state index contributed by atoms with van der Waals surface area (Å²) in [5.41, 5.74) is -0.597. The number of methoxy groups -OCH3 is 2. The first-order chi connectivity index (χ1) is 8.05. The summed E-state index contributed by atoms with van der Waals surface area (Å²) >= 11 is 0. The van der Waals surface area contributed by atoms with Crippen LogP contribution in [0.3, 0.4) is 0 Å². The number of nitrogens with one attached hydrogen (secondary N) is 1. The van der Waals surface area contributed by atoms with Crippen molar-refractivity contribution in [3.63, 3.8) is 0 Å². The molecular formula is C12H24N2O3. The van der Waals surface area contributed by atoms with Crippen molar-refractivity contribution in [2.45, 2.75) is 31.4 Å². The minimum absolute atomic E-state index is 0.206. The molecule has 0 spiro atoms. The van der Waals surface area contributed by atoms with Crippen LogP contribution in [0.4, 0.5) is 0 Å². The monoisotopic (exact) mass is 244 g/mol. The van der Waals surface area contributed by atoms with Gasteiger partial charge in [-0.3, -0.25) is 4.79 Å². The molecular weight excluding hydrogens is 220 g/mol. The van der Waals surface area contributed by atoms with Crippen LogP contribution >= 0.6 is 0 Å². The number of nitrogens with zero attached hydrogens (tertiary/aromatic N) is 1. The summed E-state index contributed by atoms with van der Waals surface area (Å²) in [7, 11) is 4.97. The second-order valence-corrected chi connectivity index (χ2v) is 4.77. The predicted octanol–water partition coefficient (Wildman–Crippen LogP) is 0.248. The quantitative estimate of drug-likeness (QED) is 0.679. The van der Waals surface area contributed by atoms with Crippen LogP contribution in [-0.2, 0) is 14.3 Å². The Morgan fingerprint density at radius 3 is 2.71 bits per heavy atom. The van der Waals surface area contributed by atoms with Crippen LogP contribution in [0.15, 0.2) is 0 Å². The van der Waals surface area contributed by atoms with Gasteiger partial charge in [0, 0.05) is 26.7 Å². The van der Waals surface area contributed by atoms with E-state index in [-0.39, 0.29) is 5.97 Å². The molecule has 0 bridgehead atoms. The molecule has 1 heterocycles. The Bertz CT molecular complexity index is 260. The smallest absolute Gasteiger partial charge is 0.325 e. The number of hydrogen-bond donors (Lipinski definition) is 1. The van der Waals surface area contributed by atoms with E-state index in [0.29, 0.717) is 6.10 Å². The van der Waals surface area contributed by atoms with Gasteiger partial charge in [0.1, 0.15) is 5.54 Å². The van der Waals surface area contributed by atoms with Crippen LogP contribution in [0.5, 0.6) is 0 Å². The Balaban J connectivity index is 2.41. The van der Waals surface area contributed by atoms with Gasteiger partial charge in [0.25, 0.3) is 0 Å². The number of likely N-dealkylation sites (N-methyl/N-ethyl adjacent to an activating group) is 1. The van der Waals surface area contributed by atoms with E-state index < -0.39 is 5.54 Å². The SMILES string of the molecule is CNC(C)(CCN1CCC(OC)C1)C(=O)OC. The molecule has 1 N–H and O–H groups in total. The van der Waals surface area contributed by atoms with E-state index in [4.69, 9.17) is 9.47 Å². The lowest BCUT2D eigenvalue weighted by molar-refractivity contribution is -0.148. The second-order valence-electron chi connectivity index (χ2n) is 4.77. The number of hydrogen-bond acceptors (Lipinski definition) is 5. The minimum atomic E-state index is -0.597. The third-order valence-electron chi connectivity index (χ3n) is 3.68. The summed E-state index contributed by atoms with van der Waals surface area (Å²) in [5.74, 6) is -0.206. The molecule has 0 aliphatic carbocycles. The van der Waals surface area contributed by atoms with Crippen molar-refractivity contribution >= 4 is 5.97 Å². The first kappa shape index (κ1) is 14.4. The topological polar surface area (TPSA) is 50.8 Å². The standard InChI is InChI=1S/C12H24N2O3/c1-12(13-2,11(15)17-4)6-8-14-7-5-10(9-14)16-3/h10,13H,5-9H2,1-4H3. The fourth-order valence-electron chi connectivity index (χ4n) is 2.13. The maximum Gasteiger partial charge on any atom is 0.325 e. The number of carbonyl (C=O) groups is 1. The third-order valence-corrected chi connectivity index (χ3v) is 3.68. The molecule has 0 saturated carbocycles. The van der Waals surface area contributed by atoms with Gasteiger partial charge in [0.05, 0.1) is 13.2 Å². The average molecular weight is 244 g/mol. The highest BCUT2D eigenvalue weighted by Crippen LogP contribution is 2.16.